The fraction of sp³-hybridized carbons (Fsp3) is 0.333. The number of carbonyl (C=O) groups is 1. The molecule has 2 atom stereocenters. The molecule has 0 bridgehead atoms. The first kappa shape index (κ1) is 12.0. The van der Waals surface area contributed by atoms with Crippen molar-refractivity contribution in [2.75, 3.05) is 0 Å². The Balaban J connectivity index is 2.12. The van der Waals surface area contributed by atoms with Gasteiger partial charge in [0.15, 0.2) is 5.11 Å². The second-order valence-corrected chi connectivity index (χ2v) is 4.46. The van der Waals surface area contributed by atoms with Gasteiger partial charge in [0, 0.05) is 0 Å². The fourth-order valence-corrected chi connectivity index (χ4v) is 2.06. The number of nitrogens with one attached hydrogen (secondary N) is 1. The summed E-state index contributed by atoms with van der Waals surface area (Å²) in [7, 11) is 0. The van der Waals surface area contributed by atoms with E-state index in [0.717, 1.165) is 5.56 Å². The third-order valence-electron chi connectivity index (χ3n) is 2.72. The smallest absolute Gasteiger partial charge is 0.254 e. The van der Waals surface area contributed by atoms with Crippen molar-refractivity contribution in [2.45, 2.75) is 25.6 Å². The molecule has 4 nitrogen and oxygen atoms in total. The molecular weight excluding hydrogens is 236 g/mol. The second-order valence-electron chi connectivity index (χ2n) is 4.08. The molecule has 0 aromatic heterocycles. The van der Waals surface area contributed by atoms with Gasteiger partial charge < -0.3 is 10.4 Å². The summed E-state index contributed by atoms with van der Waals surface area (Å²) in [5.41, 5.74) is 1.01. The molecule has 1 amide bonds. The van der Waals surface area contributed by atoms with Gasteiger partial charge in [-0.15, -0.1) is 0 Å². The molecule has 1 aliphatic rings. The average molecular weight is 250 g/mol. The van der Waals surface area contributed by atoms with Crippen molar-refractivity contribution in [3.63, 3.8) is 0 Å². The highest BCUT2D eigenvalue weighted by atomic mass is 32.1. The van der Waals surface area contributed by atoms with Gasteiger partial charge in [0.2, 0.25) is 0 Å². The summed E-state index contributed by atoms with van der Waals surface area (Å²) < 4.78 is 0. The van der Waals surface area contributed by atoms with Crippen molar-refractivity contribution in [2.24, 2.45) is 0 Å². The zero-order chi connectivity index (χ0) is 12.4. The second kappa shape index (κ2) is 4.81. The lowest BCUT2D eigenvalue weighted by Crippen LogP contribution is -2.39. The van der Waals surface area contributed by atoms with Crippen molar-refractivity contribution in [3.05, 3.63) is 35.9 Å². The van der Waals surface area contributed by atoms with Crippen LogP contribution in [0.5, 0.6) is 0 Å². The number of carbonyl (C=O) groups excluding carboxylic acids is 1. The lowest BCUT2D eigenvalue weighted by atomic mass is 10.1. The Morgan fingerprint density at radius 2 is 2.12 bits per heavy atom. The van der Waals surface area contributed by atoms with Crippen molar-refractivity contribution in [1.29, 1.82) is 0 Å². The van der Waals surface area contributed by atoms with Crippen LogP contribution in [0, 0.1) is 0 Å². The van der Waals surface area contributed by atoms with Gasteiger partial charge in [0.05, 0.1) is 12.6 Å². The lowest BCUT2D eigenvalue weighted by Gasteiger charge is -2.15. The van der Waals surface area contributed by atoms with E-state index in [0.29, 0.717) is 11.7 Å². The summed E-state index contributed by atoms with van der Waals surface area (Å²) in [6, 6.07) is 9.00. The summed E-state index contributed by atoms with van der Waals surface area (Å²) in [6.45, 7) is 2.01. The van der Waals surface area contributed by atoms with Crippen LogP contribution in [0.2, 0.25) is 0 Å². The number of nitrogens with zero attached hydrogens (tertiary/aromatic N) is 1. The maximum Gasteiger partial charge on any atom is 0.254 e. The number of thiocarbonyl (C=S) groups is 1. The third-order valence-corrected chi connectivity index (χ3v) is 3.06. The number of hydrogen-bond donors (Lipinski definition) is 2. The Kier molecular flexibility index (Phi) is 3.40. The normalized spacial score (nSPS) is 21.5. The van der Waals surface area contributed by atoms with E-state index in [2.05, 4.69) is 5.32 Å². The van der Waals surface area contributed by atoms with Gasteiger partial charge in [0.25, 0.3) is 5.91 Å². The summed E-state index contributed by atoms with van der Waals surface area (Å²) >= 11 is 5.10. The Morgan fingerprint density at radius 3 is 2.65 bits per heavy atom. The van der Waals surface area contributed by atoms with Crippen LogP contribution < -0.4 is 5.32 Å². The first-order valence-electron chi connectivity index (χ1n) is 5.43. The molecule has 90 valence electrons. The summed E-state index contributed by atoms with van der Waals surface area (Å²) in [4.78, 5) is 13.5. The zero-order valence-corrected chi connectivity index (χ0v) is 10.3. The number of rotatable bonds is 3. The minimum Gasteiger partial charge on any atom is -0.391 e. The molecule has 0 radical (unpaired) electrons. The molecule has 2 rings (SSSR count). The topological polar surface area (TPSA) is 52.6 Å². The van der Waals surface area contributed by atoms with Gasteiger partial charge in [-0.2, -0.15) is 0 Å². The van der Waals surface area contributed by atoms with Gasteiger partial charge >= 0.3 is 0 Å². The van der Waals surface area contributed by atoms with Crippen molar-refractivity contribution < 1.29 is 9.90 Å². The van der Waals surface area contributed by atoms with Gasteiger partial charge in [-0.3, -0.25) is 9.69 Å². The molecule has 17 heavy (non-hydrogen) atoms. The minimum atomic E-state index is -0.749. The fourth-order valence-electron chi connectivity index (χ4n) is 1.78. The quantitative estimate of drug-likeness (QED) is 0.774. The predicted molar refractivity (Wildman–Crippen MR) is 68.2 cm³/mol. The molecule has 1 aliphatic heterocycles. The highest BCUT2D eigenvalue weighted by molar-refractivity contribution is 7.80. The molecule has 1 heterocycles. The standard InChI is InChI=1S/C12H14N2O2S/c1-8(15)10-11(16)14(12(17)13-10)7-9-5-3-2-4-6-9/h2-6,8,10,15H,7H2,1H3,(H,13,17)/t8-,10+/m0/s1. The minimum absolute atomic E-state index is 0.172. The molecule has 5 heteroatoms. The molecule has 1 saturated heterocycles. The third kappa shape index (κ3) is 2.45. The lowest BCUT2D eigenvalue weighted by molar-refractivity contribution is -0.129. The van der Waals surface area contributed by atoms with E-state index >= 15 is 0 Å². The monoisotopic (exact) mass is 250 g/mol. The molecular formula is C12H14N2O2S. The first-order chi connectivity index (χ1) is 8.09. The van der Waals surface area contributed by atoms with Crippen LogP contribution in [0.4, 0.5) is 0 Å². The first-order valence-corrected chi connectivity index (χ1v) is 5.84. The van der Waals surface area contributed by atoms with Crippen LogP contribution in [0.1, 0.15) is 12.5 Å². The Labute approximate surface area is 105 Å². The largest absolute Gasteiger partial charge is 0.391 e. The summed E-state index contributed by atoms with van der Waals surface area (Å²) in [5, 5.41) is 12.7. The molecule has 0 aliphatic carbocycles. The molecule has 0 spiro atoms. The number of aliphatic hydroxyl groups is 1. The molecule has 1 fully saturated rings. The van der Waals surface area contributed by atoms with Crippen LogP contribution in [-0.4, -0.2) is 33.2 Å². The molecule has 1 aromatic carbocycles. The predicted octanol–water partition coefficient (Wildman–Crippen LogP) is 0.653. The van der Waals surface area contributed by atoms with E-state index in [1.807, 2.05) is 30.3 Å². The van der Waals surface area contributed by atoms with Gasteiger partial charge in [-0.1, -0.05) is 30.3 Å². The van der Waals surface area contributed by atoms with E-state index in [4.69, 9.17) is 12.2 Å². The number of hydrogen-bond acceptors (Lipinski definition) is 3. The Hall–Kier alpha value is -1.46. The van der Waals surface area contributed by atoms with E-state index < -0.39 is 12.1 Å². The highest BCUT2D eigenvalue weighted by Crippen LogP contribution is 2.14. The maximum atomic E-state index is 12.0. The van der Waals surface area contributed by atoms with E-state index in [1.165, 1.54) is 4.90 Å². The van der Waals surface area contributed by atoms with Crippen LogP contribution >= 0.6 is 12.2 Å². The van der Waals surface area contributed by atoms with Crippen LogP contribution in [-0.2, 0) is 11.3 Å². The summed E-state index contributed by atoms with van der Waals surface area (Å²) in [6.07, 6.45) is -0.749. The molecule has 2 N–H and O–H groups in total. The van der Waals surface area contributed by atoms with E-state index in [9.17, 15) is 9.90 Å². The number of benzene rings is 1. The van der Waals surface area contributed by atoms with Crippen LogP contribution in [0.25, 0.3) is 0 Å². The molecule has 1 aromatic rings. The van der Waals surface area contributed by atoms with Crippen molar-refractivity contribution in [1.82, 2.24) is 10.2 Å². The molecule has 0 unspecified atom stereocenters. The van der Waals surface area contributed by atoms with Gasteiger partial charge in [-0.05, 0) is 24.7 Å². The van der Waals surface area contributed by atoms with Crippen LogP contribution in [0.3, 0.4) is 0 Å². The maximum absolute atomic E-state index is 12.0. The molecule has 0 saturated carbocycles. The van der Waals surface area contributed by atoms with Crippen molar-refractivity contribution >= 4 is 23.2 Å². The summed E-state index contributed by atoms with van der Waals surface area (Å²) in [5.74, 6) is -0.172. The average Bonchev–Trinajstić information content (AvgIpc) is 2.58. The zero-order valence-electron chi connectivity index (χ0n) is 9.46. The number of aliphatic hydroxyl groups excluding tert-OH is 1. The highest BCUT2D eigenvalue weighted by Gasteiger charge is 2.37. The van der Waals surface area contributed by atoms with Crippen molar-refractivity contribution in [3.8, 4) is 0 Å². The van der Waals surface area contributed by atoms with E-state index in [1.54, 1.807) is 6.92 Å². The SMILES string of the molecule is C[C@H](O)[C@H]1NC(=S)N(Cc2ccccc2)C1=O. The number of amides is 1. The van der Waals surface area contributed by atoms with Gasteiger partial charge in [0.1, 0.15) is 6.04 Å². The van der Waals surface area contributed by atoms with Crippen LogP contribution in [0.15, 0.2) is 30.3 Å². The van der Waals surface area contributed by atoms with E-state index in [-0.39, 0.29) is 5.91 Å². The van der Waals surface area contributed by atoms with Gasteiger partial charge in [-0.25, -0.2) is 0 Å². The Bertz CT molecular complexity index is 433. The Morgan fingerprint density at radius 1 is 1.47 bits per heavy atom.